The van der Waals surface area contributed by atoms with E-state index in [-0.39, 0.29) is 13.2 Å². The summed E-state index contributed by atoms with van der Waals surface area (Å²) in [5, 5.41) is 0. The molecule has 0 saturated heterocycles. The van der Waals surface area contributed by atoms with Crippen molar-refractivity contribution in [3.63, 3.8) is 0 Å². The molecule has 21 heavy (non-hydrogen) atoms. The molecule has 120 valence electrons. The summed E-state index contributed by atoms with van der Waals surface area (Å²) in [5.74, 6) is -3.15. The van der Waals surface area contributed by atoms with Gasteiger partial charge in [-0.25, -0.2) is 9.59 Å². The molecule has 6 nitrogen and oxygen atoms in total. The summed E-state index contributed by atoms with van der Waals surface area (Å²) in [6, 6.07) is 0. The topological polar surface area (TPSA) is 71.1 Å². The minimum Gasteiger partial charge on any atom is -0.459 e. The highest BCUT2D eigenvalue weighted by Crippen LogP contribution is 2.24. The number of ether oxygens (including phenoxy) is 4. The minimum atomic E-state index is -2.14. The highest BCUT2D eigenvalue weighted by Gasteiger charge is 2.56. The molecule has 0 aromatic rings. The number of esters is 2. The zero-order chi connectivity index (χ0) is 15.9. The Balaban J connectivity index is 2.56. The van der Waals surface area contributed by atoms with E-state index in [9.17, 15) is 9.59 Å². The lowest BCUT2D eigenvalue weighted by molar-refractivity contribution is -0.217. The maximum atomic E-state index is 12.1. The highest BCUT2D eigenvalue weighted by molar-refractivity contribution is 6.02. The van der Waals surface area contributed by atoms with Gasteiger partial charge in [0.1, 0.15) is 12.5 Å². The van der Waals surface area contributed by atoms with Crippen molar-refractivity contribution < 1.29 is 28.5 Å². The van der Waals surface area contributed by atoms with Crippen LogP contribution in [0.5, 0.6) is 0 Å². The van der Waals surface area contributed by atoms with Crippen molar-refractivity contribution >= 4 is 11.9 Å². The van der Waals surface area contributed by atoms with Crippen LogP contribution in [0.15, 0.2) is 12.5 Å². The second-order valence-corrected chi connectivity index (χ2v) is 5.76. The maximum absolute atomic E-state index is 12.1. The average molecular weight is 300 g/mol. The quantitative estimate of drug-likeness (QED) is 0.506. The van der Waals surface area contributed by atoms with E-state index in [4.69, 9.17) is 18.9 Å². The zero-order valence-electron chi connectivity index (χ0n) is 13.1. The Kier molecular flexibility index (Phi) is 6.52. The van der Waals surface area contributed by atoms with Crippen LogP contribution in [0.2, 0.25) is 0 Å². The van der Waals surface area contributed by atoms with Crippen molar-refractivity contribution in [3.8, 4) is 0 Å². The molecule has 0 spiro atoms. The van der Waals surface area contributed by atoms with Crippen LogP contribution in [0.25, 0.3) is 0 Å². The summed E-state index contributed by atoms with van der Waals surface area (Å²) in [5.41, 5.74) is 0. The fourth-order valence-electron chi connectivity index (χ4n) is 1.52. The lowest BCUT2D eigenvalue weighted by Crippen LogP contribution is -2.50. The summed E-state index contributed by atoms with van der Waals surface area (Å²) >= 11 is 0. The number of hydrogen-bond donors (Lipinski definition) is 0. The standard InChI is InChI=1S/C15H24O6/c1-11(2)5-7-18-13(16)15(20-9-10-21-15)14(17)19-8-6-12(3)4/h9-12H,5-8H2,1-4H3. The summed E-state index contributed by atoms with van der Waals surface area (Å²) < 4.78 is 20.2. The molecule has 0 unspecified atom stereocenters. The number of hydrogen-bond acceptors (Lipinski definition) is 6. The first-order valence-corrected chi connectivity index (χ1v) is 7.23. The summed E-state index contributed by atoms with van der Waals surface area (Å²) in [6.45, 7) is 8.43. The van der Waals surface area contributed by atoms with E-state index in [0.717, 1.165) is 12.5 Å². The molecule has 6 heteroatoms. The number of rotatable bonds is 8. The van der Waals surface area contributed by atoms with Crippen molar-refractivity contribution in [2.45, 2.75) is 46.3 Å². The Morgan fingerprint density at radius 3 is 1.62 bits per heavy atom. The third-order valence-corrected chi connectivity index (χ3v) is 2.92. The Morgan fingerprint density at radius 2 is 1.29 bits per heavy atom. The third-order valence-electron chi connectivity index (χ3n) is 2.92. The third kappa shape index (κ3) is 4.95. The van der Waals surface area contributed by atoms with Crippen molar-refractivity contribution in [2.75, 3.05) is 13.2 Å². The highest BCUT2D eigenvalue weighted by atomic mass is 16.8. The average Bonchev–Trinajstić information content (AvgIpc) is 2.88. The van der Waals surface area contributed by atoms with Gasteiger partial charge in [0, 0.05) is 0 Å². The monoisotopic (exact) mass is 300 g/mol. The lowest BCUT2D eigenvalue weighted by atomic mass is 10.1. The Morgan fingerprint density at radius 1 is 0.905 bits per heavy atom. The van der Waals surface area contributed by atoms with Crippen molar-refractivity contribution in [1.29, 1.82) is 0 Å². The Bertz CT molecular complexity index is 350. The minimum absolute atomic E-state index is 0.199. The molecule has 1 aliphatic heterocycles. The molecular formula is C15H24O6. The molecule has 0 aliphatic carbocycles. The normalized spacial score (nSPS) is 15.7. The first-order valence-electron chi connectivity index (χ1n) is 7.23. The second kappa shape index (κ2) is 7.90. The maximum Gasteiger partial charge on any atom is 0.452 e. The van der Waals surface area contributed by atoms with E-state index in [1.54, 1.807) is 0 Å². The van der Waals surface area contributed by atoms with E-state index in [1.165, 1.54) is 0 Å². The van der Waals surface area contributed by atoms with Gasteiger partial charge in [-0.15, -0.1) is 0 Å². The van der Waals surface area contributed by atoms with E-state index in [2.05, 4.69) is 0 Å². The van der Waals surface area contributed by atoms with Gasteiger partial charge in [-0.05, 0) is 24.7 Å². The van der Waals surface area contributed by atoms with Crippen LogP contribution >= 0.6 is 0 Å². The van der Waals surface area contributed by atoms with Crippen LogP contribution in [0.3, 0.4) is 0 Å². The van der Waals surface area contributed by atoms with Gasteiger partial charge in [-0.3, -0.25) is 0 Å². The molecule has 1 heterocycles. The van der Waals surface area contributed by atoms with E-state index >= 15 is 0 Å². The molecule has 0 radical (unpaired) electrons. The lowest BCUT2D eigenvalue weighted by Gasteiger charge is -2.23. The van der Waals surface area contributed by atoms with E-state index in [0.29, 0.717) is 24.7 Å². The van der Waals surface area contributed by atoms with Gasteiger partial charge in [0.25, 0.3) is 0 Å². The first-order chi connectivity index (χ1) is 9.88. The van der Waals surface area contributed by atoms with Gasteiger partial charge in [0.2, 0.25) is 0 Å². The van der Waals surface area contributed by atoms with Crippen LogP contribution in [-0.2, 0) is 28.5 Å². The van der Waals surface area contributed by atoms with Crippen LogP contribution in [0, 0.1) is 11.8 Å². The fourth-order valence-corrected chi connectivity index (χ4v) is 1.52. The molecule has 0 saturated carbocycles. The molecule has 0 amide bonds. The molecule has 0 atom stereocenters. The molecular weight excluding hydrogens is 276 g/mol. The van der Waals surface area contributed by atoms with Gasteiger partial charge < -0.3 is 18.9 Å². The molecule has 0 bridgehead atoms. The number of carbonyl (C=O) groups excluding carboxylic acids is 2. The van der Waals surface area contributed by atoms with Crippen LogP contribution in [-0.4, -0.2) is 30.9 Å². The van der Waals surface area contributed by atoms with Crippen LogP contribution < -0.4 is 0 Å². The largest absolute Gasteiger partial charge is 0.459 e. The van der Waals surface area contributed by atoms with Gasteiger partial charge in [0.05, 0.1) is 13.2 Å². The smallest absolute Gasteiger partial charge is 0.452 e. The summed E-state index contributed by atoms with van der Waals surface area (Å²) in [7, 11) is 0. The van der Waals surface area contributed by atoms with E-state index < -0.39 is 17.7 Å². The zero-order valence-corrected chi connectivity index (χ0v) is 13.1. The van der Waals surface area contributed by atoms with Gasteiger partial charge in [-0.2, -0.15) is 0 Å². The molecule has 0 aromatic heterocycles. The molecule has 1 rings (SSSR count). The predicted octanol–water partition coefficient (Wildman–Crippen LogP) is 2.38. The van der Waals surface area contributed by atoms with Crippen LogP contribution in [0.1, 0.15) is 40.5 Å². The van der Waals surface area contributed by atoms with E-state index in [1.807, 2.05) is 27.7 Å². The van der Waals surface area contributed by atoms with Crippen molar-refractivity contribution in [2.24, 2.45) is 11.8 Å². The SMILES string of the molecule is CC(C)CCOC(=O)C1(C(=O)OCCC(C)C)OC=CO1. The van der Waals surface area contributed by atoms with Crippen LogP contribution in [0.4, 0.5) is 0 Å². The van der Waals surface area contributed by atoms with Gasteiger partial charge >= 0.3 is 17.7 Å². The van der Waals surface area contributed by atoms with Gasteiger partial charge in [-0.1, -0.05) is 27.7 Å². The van der Waals surface area contributed by atoms with Crippen molar-refractivity contribution in [1.82, 2.24) is 0 Å². The van der Waals surface area contributed by atoms with Crippen molar-refractivity contribution in [3.05, 3.63) is 12.5 Å². The fraction of sp³-hybridized carbons (Fsp3) is 0.733. The predicted molar refractivity (Wildman–Crippen MR) is 74.9 cm³/mol. The molecule has 0 aromatic carbocycles. The molecule has 0 N–H and O–H groups in total. The molecule has 0 fully saturated rings. The second-order valence-electron chi connectivity index (χ2n) is 5.76. The Hall–Kier alpha value is -1.72. The summed E-state index contributed by atoms with van der Waals surface area (Å²) in [6.07, 6.45) is 3.65. The number of carbonyl (C=O) groups is 2. The Labute approximate surface area is 125 Å². The molecule has 1 aliphatic rings. The first kappa shape index (κ1) is 17.3. The summed E-state index contributed by atoms with van der Waals surface area (Å²) in [4.78, 5) is 24.1. The van der Waals surface area contributed by atoms with Gasteiger partial charge in [0.15, 0.2) is 0 Å².